The molecule has 1 saturated carbocycles. The Hall–Kier alpha value is -2.76. The fourth-order valence-electron chi connectivity index (χ4n) is 2.65. The van der Waals surface area contributed by atoms with Crippen LogP contribution in [0.15, 0.2) is 42.7 Å². The zero-order valence-electron chi connectivity index (χ0n) is 12.8. The number of nitro groups is 1. The number of carbonyl (C=O) groups is 1. The van der Waals surface area contributed by atoms with Crippen molar-refractivity contribution in [1.29, 1.82) is 0 Å². The first-order chi connectivity index (χ1) is 11.1. The maximum atomic E-state index is 12.9. The molecule has 1 aromatic carbocycles. The number of hydrogen-bond acceptors (Lipinski definition) is 4. The lowest BCUT2D eigenvalue weighted by atomic mass is 10.0. The average molecular weight is 311 g/mol. The van der Waals surface area contributed by atoms with Gasteiger partial charge in [-0.2, -0.15) is 0 Å². The molecule has 0 spiro atoms. The first kappa shape index (κ1) is 15.1. The highest BCUT2D eigenvalue weighted by Gasteiger charge is 2.34. The van der Waals surface area contributed by atoms with E-state index in [-0.39, 0.29) is 17.6 Å². The number of rotatable bonds is 5. The van der Waals surface area contributed by atoms with E-state index in [1.165, 1.54) is 6.07 Å². The Balaban J connectivity index is 1.90. The summed E-state index contributed by atoms with van der Waals surface area (Å²) in [6.45, 7) is 2.12. The SMILES string of the molecule is Cc1c(C(=O)N(Cc2ccncc2)C2CC2)cccc1[N+](=O)[O-]. The molecule has 1 fully saturated rings. The Labute approximate surface area is 133 Å². The fourth-order valence-corrected chi connectivity index (χ4v) is 2.65. The fraction of sp³-hybridized carbons (Fsp3) is 0.294. The summed E-state index contributed by atoms with van der Waals surface area (Å²) in [4.78, 5) is 29.3. The molecule has 2 aromatic rings. The van der Waals surface area contributed by atoms with E-state index >= 15 is 0 Å². The number of pyridine rings is 1. The van der Waals surface area contributed by atoms with Crippen LogP contribution in [0.4, 0.5) is 5.69 Å². The molecule has 0 atom stereocenters. The molecule has 1 aliphatic rings. The summed E-state index contributed by atoms with van der Waals surface area (Å²) < 4.78 is 0. The van der Waals surface area contributed by atoms with Gasteiger partial charge in [-0.05, 0) is 43.5 Å². The smallest absolute Gasteiger partial charge is 0.273 e. The van der Waals surface area contributed by atoms with Crippen molar-refractivity contribution in [3.05, 3.63) is 69.5 Å². The Morgan fingerprint density at radius 3 is 2.61 bits per heavy atom. The topological polar surface area (TPSA) is 76.3 Å². The predicted octanol–water partition coefficient (Wildman–Crippen LogP) is 3.10. The van der Waals surface area contributed by atoms with Crippen molar-refractivity contribution < 1.29 is 9.72 Å². The Morgan fingerprint density at radius 2 is 2.00 bits per heavy atom. The summed E-state index contributed by atoms with van der Waals surface area (Å²) in [7, 11) is 0. The maximum absolute atomic E-state index is 12.9. The van der Waals surface area contributed by atoms with Crippen molar-refractivity contribution in [3.8, 4) is 0 Å². The number of carbonyl (C=O) groups excluding carboxylic acids is 1. The number of nitrogens with zero attached hydrogens (tertiary/aromatic N) is 3. The van der Waals surface area contributed by atoms with Gasteiger partial charge in [0.2, 0.25) is 0 Å². The first-order valence-corrected chi connectivity index (χ1v) is 7.52. The van der Waals surface area contributed by atoms with Gasteiger partial charge in [0.1, 0.15) is 0 Å². The number of amides is 1. The minimum atomic E-state index is -0.448. The molecule has 0 saturated heterocycles. The van der Waals surface area contributed by atoms with Gasteiger partial charge in [-0.15, -0.1) is 0 Å². The standard InChI is InChI=1S/C17H17N3O3/c1-12-15(3-2-4-16(12)20(22)23)17(21)19(14-5-6-14)11-13-7-9-18-10-8-13/h2-4,7-10,14H,5-6,11H2,1H3. The molecule has 6 nitrogen and oxygen atoms in total. The largest absolute Gasteiger partial charge is 0.331 e. The average Bonchev–Trinajstić information content (AvgIpc) is 3.38. The molecule has 0 bridgehead atoms. The second-order valence-electron chi connectivity index (χ2n) is 5.73. The Morgan fingerprint density at radius 1 is 1.30 bits per heavy atom. The van der Waals surface area contributed by atoms with Gasteiger partial charge in [0.25, 0.3) is 11.6 Å². The van der Waals surface area contributed by atoms with E-state index in [2.05, 4.69) is 4.98 Å². The molecule has 1 amide bonds. The molecule has 3 rings (SSSR count). The summed E-state index contributed by atoms with van der Waals surface area (Å²) in [5.74, 6) is -0.148. The van der Waals surface area contributed by atoms with E-state index < -0.39 is 4.92 Å². The molecular weight excluding hydrogens is 294 g/mol. The molecule has 1 aliphatic carbocycles. The van der Waals surface area contributed by atoms with Gasteiger partial charge in [-0.25, -0.2) is 0 Å². The van der Waals surface area contributed by atoms with Crippen LogP contribution < -0.4 is 0 Å². The van der Waals surface area contributed by atoms with Crippen LogP contribution in [0, 0.1) is 17.0 Å². The molecule has 23 heavy (non-hydrogen) atoms. The van der Waals surface area contributed by atoms with Gasteiger partial charge in [-0.3, -0.25) is 19.9 Å². The normalized spacial score (nSPS) is 13.6. The molecule has 0 radical (unpaired) electrons. The van der Waals surface area contributed by atoms with Crippen molar-refractivity contribution >= 4 is 11.6 Å². The van der Waals surface area contributed by atoms with Crippen LogP contribution in [0.1, 0.15) is 34.3 Å². The van der Waals surface area contributed by atoms with E-state index in [1.54, 1.807) is 36.4 Å². The van der Waals surface area contributed by atoms with Crippen LogP contribution in [-0.2, 0) is 6.54 Å². The number of aromatic nitrogens is 1. The van der Waals surface area contributed by atoms with Crippen LogP contribution in [0.2, 0.25) is 0 Å². The van der Waals surface area contributed by atoms with Gasteiger partial charge in [0, 0.05) is 42.2 Å². The quantitative estimate of drug-likeness (QED) is 0.628. The summed E-state index contributed by atoms with van der Waals surface area (Å²) in [6, 6.07) is 8.62. The summed E-state index contributed by atoms with van der Waals surface area (Å²) in [5, 5.41) is 11.1. The van der Waals surface area contributed by atoms with Gasteiger partial charge >= 0.3 is 0 Å². The van der Waals surface area contributed by atoms with Gasteiger partial charge in [0.15, 0.2) is 0 Å². The third-order valence-corrected chi connectivity index (χ3v) is 4.08. The summed E-state index contributed by atoms with van der Waals surface area (Å²) in [6.07, 6.45) is 5.35. The minimum Gasteiger partial charge on any atom is -0.331 e. The molecular formula is C17H17N3O3. The van der Waals surface area contributed by atoms with Crippen LogP contribution >= 0.6 is 0 Å². The van der Waals surface area contributed by atoms with E-state index in [1.807, 2.05) is 12.1 Å². The summed E-state index contributed by atoms with van der Waals surface area (Å²) in [5.41, 5.74) is 1.81. The minimum absolute atomic E-state index is 0.0180. The zero-order valence-corrected chi connectivity index (χ0v) is 12.8. The van der Waals surface area contributed by atoms with Crippen molar-refractivity contribution in [3.63, 3.8) is 0 Å². The zero-order chi connectivity index (χ0) is 16.4. The maximum Gasteiger partial charge on any atom is 0.273 e. The molecule has 0 N–H and O–H groups in total. The summed E-state index contributed by atoms with van der Waals surface area (Å²) >= 11 is 0. The van der Waals surface area contributed by atoms with E-state index in [4.69, 9.17) is 0 Å². The lowest BCUT2D eigenvalue weighted by molar-refractivity contribution is -0.385. The second-order valence-corrected chi connectivity index (χ2v) is 5.73. The van der Waals surface area contributed by atoms with Crippen molar-refractivity contribution in [2.45, 2.75) is 32.4 Å². The van der Waals surface area contributed by atoms with Gasteiger partial charge in [0.05, 0.1) is 4.92 Å². The van der Waals surface area contributed by atoms with Crippen LogP contribution in [0.5, 0.6) is 0 Å². The lowest BCUT2D eigenvalue weighted by Crippen LogP contribution is -2.33. The van der Waals surface area contributed by atoms with Crippen molar-refractivity contribution in [2.75, 3.05) is 0 Å². The molecule has 1 heterocycles. The van der Waals surface area contributed by atoms with E-state index in [0.29, 0.717) is 17.7 Å². The highest BCUT2D eigenvalue weighted by molar-refractivity contribution is 5.97. The van der Waals surface area contributed by atoms with Gasteiger partial charge in [-0.1, -0.05) is 6.07 Å². The van der Waals surface area contributed by atoms with Crippen molar-refractivity contribution in [1.82, 2.24) is 9.88 Å². The molecule has 6 heteroatoms. The van der Waals surface area contributed by atoms with Crippen LogP contribution in [0.25, 0.3) is 0 Å². The highest BCUT2D eigenvalue weighted by Crippen LogP contribution is 2.31. The monoisotopic (exact) mass is 311 g/mol. The Kier molecular flexibility index (Phi) is 4.06. The highest BCUT2D eigenvalue weighted by atomic mass is 16.6. The number of benzene rings is 1. The van der Waals surface area contributed by atoms with Crippen LogP contribution in [-0.4, -0.2) is 26.8 Å². The molecule has 0 aliphatic heterocycles. The first-order valence-electron chi connectivity index (χ1n) is 7.52. The second kappa shape index (κ2) is 6.16. The third-order valence-electron chi connectivity index (χ3n) is 4.08. The molecule has 0 unspecified atom stereocenters. The van der Waals surface area contributed by atoms with E-state index in [9.17, 15) is 14.9 Å². The Bertz CT molecular complexity index is 742. The van der Waals surface area contributed by atoms with Crippen LogP contribution in [0.3, 0.4) is 0 Å². The predicted molar refractivity (Wildman–Crippen MR) is 85.0 cm³/mol. The molecule has 118 valence electrons. The lowest BCUT2D eigenvalue weighted by Gasteiger charge is -2.23. The van der Waals surface area contributed by atoms with Crippen molar-refractivity contribution in [2.24, 2.45) is 0 Å². The van der Waals surface area contributed by atoms with E-state index in [0.717, 1.165) is 18.4 Å². The third kappa shape index (κ3) is 3.21. The number of hydrogen-bond donors (Lipinski definition) is 0. The number of nitro benzene ring substituents is 1. The molecule has 1 aromatic heterocycles. The van der Waals surface area contributed by atoms with Gasteiger partial charge < -0.3 is 4.90 Å².